The fraction of sp³-hybridized carbons (Fsp3) is 0.917. The second kappa shape index (κ2) is 4.01. The fourth-order valence-corrected chi connectivity index (χ4v) is 2.60. The third-order valence-corrected chi connectivity index (χ3v) is 3.90. The Morgan fingerprint density at radius 1 is 1.29 bits per heavy atom. The molecule has 0 radical (unpaired) electrons. The lowest BCUT2D eigenvalue weighted by Crippen LogP contribution is -2.56. The van der Waals surface area contributed by atoms with Gasteiger partial charge in [0.15, 0.2) is 0 Å². The largest absolute Gasteiger partial charge is 0.315 e. The van der Waals surface area contributed by atoms with Crippen molar-refractivity contribution in [2.75, 3.05) is 13.1 Å². The van der Waals surface area contributed by atoms with Gasteiger partial charge in [0.25, 0.3) is 0 Å². The van der Waals surface area contributed by atoms with E-state index in [-0.39, 0.29) is 5.41 Å². The molecule has 2 heteroatoms. The maximum Gasteiger partial charge on any atom is 0.141 e. The number of hydrogen-bond donors (Lipinski definition) is 1. The molecule has 0 unspecified atom stereocenters. The molecule has 1 saturated carbocycles. The SMILES string of the molecule is CC1(C(=O)CC2CCCCC2)CNC1. The van der Waals surface area contributed by atoms with Crippen LogP contribution in [0.4, 0.5) is 0 Å². The van der Waals surface area contributed by atoms with Crippen molar-refractivity contribution in [1.29, 1.82) is 0 Å². The van der Waals surface area contributed by atoms with E-state index in [9.17, 15) is 4.79 Å². The van der Waals surface area contributed by atoms with Gasteiger partial charge in [-0.2, -0.15) is 0 Å². The van der Waals surface area contributed by atoms with Crippen LogP contribution in [0.2, 0.25) is 0 Å². The van der Waals surface area contributed by atoms with E-state index in [4.69, 9.17) is 0 Å². The molecule has 2 nitrogen and oxygen atoms in total. The van der Waals surface area contributed by atoms with Gasteiger partial charge in [-0.25, -0.2) is 0 Å². The molecule has 0 aromatic heterocycles. The van der Waals surface area contributed by atoms with Crippen LogP contribution >= 0.6 is 0 Å². The summed E-state index contributed by atoms with van der Waals surface area (Å²) in [5.41, 5.74) is -0.0164. The summed E-state index contributed by atoms with van der Waals surface area (Å²) < 4.78 is 0. The zero-order chi connectivity index (χ0) is 10.0. The highest BCUT2D eigenvalue weighted by Crippen LogP contribution is 2.31. The van der Waals surface area contributed by atoms with Crippen molar-refractivity contribution >= 4 is 5.78 Å². The van der Waals surface area contributed by atoms with Crippen LogP contribution in [-0.2, 0) is 4.79 Å². The van der Waals surface area contributed by atoms with Crippen LogP contribution in [0.15, 0.2) is 0 Å². The lowest BCUT2D eigenvalue weighted by Gasteiger charge is -2.39. The zero-order valence-corrected chi connectivity index (χ0v) is 9.14. The minimum Gasteiger partial charge on any atom is -0.315 e. The Bertz CT molecular complexity index is 214. The monoisotopic (exact) mass is 195 g/mol. The van der Waals surface area contributed by atoms with Crippen LogP contribution < -0.4 is 5.32 Å². The number of ketones is 1. The van der Waals surface area contributed by atoms with Gasteiger partial charge in [-0.1, -0.05) is 39.0 Å². The Morgan fingerprint density at radius 3 is 2.43 bits per heavy atom. The molecular formula is C12H21NO. The van der Waals surface area contributed by atoms with Crippen molar-refractivity contribution in [2.24, 2.45) is 11.3 Å². The van der Waals surface area contributed by atoms with Gasteiger partial charge in [0.05, 0.1) is 5.41 Å². The molecule has 0 bridgehead atoms. The second-order valence-electron chi connectivity index (χ2n) is 5.30. The molecule has 1 N–H and O–H groups in total. The van der Waals surface area contributed by atoms with Crippen molar-refractivity contribution < 1.29 is 4.79 Å². The van der Waals surface area contributed by atoms with Gasteiger partial charge in [0.2, 0.25) is 0 Å². The highest BCUT2D eigenvalue weighted by molar-refractivity contribution is 5.86. The van der Waals surface area contributed by atoms with Crippen molar-refractivity contribution in [3.8, 4) is 0 Å². The maximum absolute atomic E-state index is 12.0. The molecule has 2 aliphatic rings. The third kappa shape index (κ3) is 2.00. The molecule has 80 valence electrons. The first-order valence-electron chi connectivity index (χ1n) is 5.95. The molecule has 14 heavy (non-hydrogen) atoms. The van der Waals surface area contributed by atoms with Crippen molar-refractivity contribution in [2.45, 2.75) is 45.4 Å². The summed E-state index contributed by atoms with van der Waals surface area (Å²) >= 11 is 0. The van der Waals surface area contributed by atoms with Crippen molar-refractivity contribution in [1.82, 2.24) is 5.32 Å². The van der Waals surface area contributed by atoms with Gasteiger partial charge in [-0.15, -0.1) is 0 Å². The van der Waals surface area contributed by atoms with E-state index in [0.29, 0.717) is 11.7 Å². The predicted molar refractivity (Wildman–Crippen MR) is 57.2 cm³/mol. The number of nitrogens with one attached hydrogen (secondary N) is 1. The standard InChI is InChI=1S/C12H21NO/c1-12(8-13-9-12)11(14)7-10-5-3-2-4-6-10/h10,13H,2-9H2,1H3. The summed E-state index contributed by atoms with van der Waals surface area (Å²) in [5, 5.41) is 3.20. The summed E-state index contributed by atoms with van der Waals surface area (Å²) in [6.07, 6.45) is 7.48. The fourth-order valence-electron chi connectivity index (χ4n) is 2.60. The number of rotatable bonds is 3. The zero-order valence-electron chi connectivity index (χ0n) is 9.14. The quantitative estimate of drug-likeness (QED) is 0.747. The summed E-state index contributed by atoms with van der Waals surface area (Å²) in [7, 11) is 0. The average Bonchev–Trinajstić information content (AvgIpc) is 2.15. The Balaban J connectivity index is 1.81. The van der Waals surface area contributed by atoms with E-state index < -0.39 is 0 Å². The Morgan fingerprint density at radius 2 is 1.93 bits per heavy atom. The van der Waals surface area contributed by atoms with Gasteiger partial charge in [-0.3, -0.25) is 4.79 Å². The van der Waals surface area contributed by atoms with Crippen LogP contribution in [0.25, 0.3) is 0 Å². The Labute approximate surface area is 86.5 Å². The minimum atomic E-state index is -0.0164. The highest BCUT2D eigenvalue weighted by atomic mass is 16.1. The molecule has 1 heterocycles. The molecule has 2 rings (SSSR count). The van der Waals surface area contributed by atoms with E-state index in [2.05, 4.69) is 12.2 Å². The molecule has 0 aromatic carbocycles. The molecule has 0 atom stereocenters. The van der Waals surface area contributed by atoms with Crippen LogP contribution in [-0.4, -0.2) is 18.9 Å². The number of carbonyl (C=O) groups excluding carboxylic acids is 1. The minimum absolute atomic E-state index is 0.0164. The van der Waals surface area contributed by atoms with Crippen LogP contribution in [0.5, 0.6) is 0 Å². The predicted octanol–water partition coefficient (Wildman–Crippen LogP) is 2.14. The Hall–Kier alpha value is -0.370. The smallest absolute Gasteiger partial charge is 0.141 e. The van der Waals surface area contributed by atoms with Crippen LogP contribution in [0.1, 0.15) is 45.4 Å². The molecule has 0 spiro atoms. The number of hydrogen-bond acceptors (Lipinski definition) is 2. The van der Waals surface area contributed by atoms with Crippen LogP contribution in [0, 0.1) is 11.3 Å². The van der Waals surface area contributed by atoms with Gasteiger partial charge >= 0.3 is 0 Å². The van der Waals surface area contributed by atoms with Gasteiger partial charge in [-0.05, 0) is 5.92 Å². The number of carbonyl (C=O) groups is 1. The lowest BCUT2D eigenvalue weighted by atomic mass is 9.74. The molecule has 2 fully saturated rings. The number of Topliss-reactive ketones (excluding diaryl/α,β-unsaturated/α-hetero) is 1. The molecule has 1 aliphatic heterocycles. The van der Waals surface area contributed by atoms with E-state index >= 15 is 0 Å². The lowest BCUT2D eigenvalue weighted by molar-refractivity contribution is -0.131. The first-order chi connectivity index (χ1) is 6.71. The molecule has 0 amide bonds. The van der Waals surface area contributed by atoms with Crippen molar-refractivity contribution in [3.63, 3.8) is 0 Å². The van der Waals surface area contributed by atoms with Gasteiger partial charge in [0, 0.05) is 19.5 Å². The second-order valence-corrected chi connectivity index (χ2v) is 5.30. The normalized spacial score (nSPS) is 26.9. The van der Waals surface area contributed by atoms with Gasteiger partial charge < -0.3 is 5.32 Å². The summed E-state index contributed by atoms with van der Waals surface area (Å²) in [4.78, 5) is 12.0. The topological polar surface area (TPSA) is 29.1 Å². The molecule has 0 aromatic rings. The third-order valence-electron chi connectivity index (χ3n) is 3.90. The molecule has 1 aliphatic carbocycles. The van der Waals surface area contributed by atoms with Gasteiger partial charge in [0.1, 0.15) is 5.78 Å². The van der Waals surface area contributed by atoms with E-state index in [1.54, 1.807) is 0 Å². The summed E-state index contributed by atoms with van der Waals surface area (Å²) in [6, 6.07) is 0. The van der Waals surface area contributed by atoms with E-state index in [0.717, 1.165) is 19.5 Å². The highest BCUT2D eigenvalue weighted by Gasteiger charge is 2.39. The van der Waals surface area contributed by atoms with E-state index in [1.165, 1.54) is 32.1 Å². The van der Waals surface area contributed by atoms with Crippen LogP contribution in [0.3, 0.4) is 0 Å². The average molecular weight is 195 g/mol. The maximum atomic E-state index is 12.0. The Kier molecular flexibility index (Phi) is 2.91. The molecular weight excluding hydrogens is 174 g/mol. The first-order valence-corrected chi connectivity index (χ1v) is 5.95. The van der Waals surface area contributed by atoms with Crippen molar-refractivity contribution in [3.05, 3.63) is 0 Å². The first kappa shape index (κ1) is 10.2. The molecule has 1 saturated heterocycles. The van der Waals surface area contributed by atoms with E-state index in [1.807, 2.05) is 0 Å². The summed E-state index contributed by atoms with van der Waals surface area (Å²) in [5.74, 6) is 1.21. The summed E-state index contributed by atoms with van der Waals surface area (Å²) in [6.45, 7) is 3.91.